The van der Waals surface area contributed by atoms with Crippen molar-refractivity contribution in [2.24, 2.45) is 0 Å². The summed E-state index contributed by atoms with van der Waals surface area (Å²) in [6, 6.07) is 25.8. The lowest BCUT2D eigenvalue weighted by Crippen LogP contribution is -2.44. The van der Waals surface area contributed by atoms with Crippen LogP contribution in [-0.4, -0.2) is 20.3 Å². The molecule has 1 unspecified atom stereocenters. The Balaban J connectivity index is 1.92. The van der Waals surface area contributed by atoms with Gasteiger partial charge in [0.25, 0.3) is 0 Å². The smallest absolute Gasteiger partial charge is 0.168 e. The number of hydrogen-bond acceptors (Lipinski definition) is 4. The average Bonchev–Trinajstić information content (AvgIpc) is 2.94. The lowest BCUT2D eigenvalue weighted by molar-refractivity contribution is 0.173. The molecule has 1 aliphatic rings. The highest BCUT2D eigenvalue weighted by Crippen LogP contribution is 2.48. The summed E-state index contributed by atoms with van der Waals surface area (Å²) in [5.74, 6) is 0.650. The van der Waals surface area contributed by atoms with Crippen molar-refractivity contribution >= 4 is 15.5 Å². The van der Waals surface area contributed by atoms with Crippen molar-refractivity contribution in [3.63, 3.8) is 0 Å². The minimum Gasteiger partial charge on any atom is -0.488 e. The molecule has 0 aliphatic carbocycles. The standard InChI is InChI=1S/C22H21NO3S/c23-19-12-7-13-20(16-19)26-21-14-15-27(24,25)22(21,17-8-3-1-4-9-17)18-10-5-2-6-11-18/h1-13,16,21H,14-15,23H2. The van der Waals surface area contributed by atoms with Gasteiger partial charge in [-0.3, -0.25) is 0 Å². The van der Waals surface area contributed by atoms with Crippen molar-refractivity contribution in [1.29, 1.82) is 0 Å². The molecule has 0 saturated carbocycles. The predicted molar refractivity (Wildman–Crippen MR) is 107 cm³/mol. The Morgan fingerprint density at radius 1 is 0.852 bits per heavy atom. The van der Waals surface area contributed by atoms with E-state index < -0.39 is 20.7 Å². The van der Waals surface area contributed by atoms with E-state index in [0.717, 1.165) is 11.1 Å². The van der Waals surface area contributed by atoms with Crippen LogP contribution < -0.4 is 10.5 Å². The van der Waals surface area contributed by atoms with Crippen molar-refractivity contribution in [2.45, 2.75) is 17.3 Å². The van der Waals surface area contributed by atoms with Gasteiger partial charge in [-0.1, -0.05) is 66.7 Å². The normalized spacial score (nSPS) is 20.2. The van der Waals surface area contributed by atoms with Crippen LogP contribution in [0.15, 0.2) is 84.9 Å². The number of anilines is 1. The topological polar surface area (TPSA) is 69.4 Å². The molecule has 138 valence electrons. The molecule has 0 amide bonds. The molecule has 2 N–H and O–H groups in total. The molecule has 1 saturated heterocycles. The van der Waals surface area contributed by atoms with Crippen molar-refractivity contribution in [3.05, 3.63) is 96.1 Å². The predicted octanol–water partition coefficient (Wildman–Crippen LogP) is 3.78. The molecule has 0 radical (unpaired) electrons. The molecule has 1 aliphatic heterocycles. The third-order valence-corrected chi connectivity index (χ3v) is 7.62. The maximum absolute atomic E-state index is 13.4. The summed E-state index contributed by atoms with van der Waals surface area (Å²) >= 11 is 0. The van der Waals surface area contributed by atoms with Crippen LogP contribution in [0.1, 0.15) is 17.5 Å². The van der Waals surface area contributed by atoms with Crippen LogP contribution in [0.3, 0.4) is 0 Å². The van der Waals surface area contributed by atoms with Gasteiger partial charge in [0.1, 0.15) is 11.9 Å². The first kappa shape index (κ1) is 17.6. The molecule has 1 atom stereocenters. The Hall–Kier alpha value is -2.79. The molecule has 0 bridgehead atoms. The maximum atomic E-state index is 13.4. The maximum Gasteiger partial charge on any atom is 0.168 e. The summed E-state index contributed by atoms with van der Waals surface area (Å²) in [5.41, 5.74) is 7.91. The first-order valence-electron chi connectivity index (χ1n) is 8.89. The second kappa shape index (κ2) is 6.74. The van der Waals surface area contributed by atoms with Gasteiger partial charge in [-0.25, -0.2) is 8.42 Å². The van der Waals surface area contributed by atoms with Gasteiger partial charge < -0.3 is 10.5 Å². The summed E-state index contributed by atoms with van der Waals surface area (Å²) < 4.78 is 31.9. The minimum atomic E-state index is -3.49. The molecule has 1 heterocycles. The van der Waals surface area contributed by atoms with Crippen LogP contribution in [-0.2, 0) is 14.6 Å². The Morgan fingerprint density at radius 3 is 2.00 bits per heavy atom. The number of nitrogens with two attached hydrogens (primary N) is 1. The number of benzene rings is 3. The minimum absolute atomic E-state index is 0.0732. The molecule has 4 nitrogen and oxygen atoms in total. The van der Waals surface area contributed by atoms with Crippen LogP contribution in [0, 0.1) is 0 Å². The molecule has 5 heteroatoms. The third kappa shape index (κ3) is 2.88. The third-order valence-electron chi connectivity index (χ3n) is 5.13. The highest BCUT2D eigenvalue weighted by Gasteiger charge is 2.58. The molecular weight excluding hydrogens is 358 g/mol. The Labute approximate surface area is 159 Å². The molecule has 4 rings (SSSR count). The summed E-state index contributed by atoms with van der Waals surface area (Å²) in [6.07, 6.45) is -0.130. The van der Waals surface area contributed by atoms with E-state index in [-0.39, 0.29) is 5.75 Å². The molecule has 3 aromatic carbocycles. The SMILES string of the molecule is Nc1cccc(OC2CCS(=O)(=O)C2(c2ccccc2)c2ccccc2)c1. The van der Waals surface area contributed by atoms with E-state index in [1.54, 1.807) is 18.2 Å². The van der Waals surface area contributed by atoms with Crippen LogP contribution in [0.25, 0.3) is 0 Å². The van der Waals surface area contributed by atoms with Gasteiger partial charge in [0.2, 0.25) is 0 Å². The molecular formula is C22H21NO3S. The summed E-state index contributed by atoms with van der Waals surface area (Å²) in [4.78, 5) is 0. The zero-order chi connectivity index (χ0) is 18.9. The lowest BCUT2D eigenvalue weighted by Gasteiger charge is -2.35. The zero-order valence-electron chi connectivity index (χ0n) is 14.8. The second-order valence-corrected chi connectivity index (χ2v) is 9.04. The highest BCUT2D eigenvalue weighted by atomic mass is 32.2. The second-order valence-electron chi connectivity index (χ2n) is 6.75. The quantitative estimate of drug-likeness (QED) is 0.701. The average molecular weight is 379 g/mol. The number of sulfone groups is 1. The van der Waals surface area contributed by atoms with Gasteiger partial charge in [0.05, 0.1) is 5.75 Å². The van der Waals surface area contributed by atoms with Gasteiger partial charge in [-0.05, 0) is 23.3 Å². The van der Waals surface area contributed by atoms with E-state index in [1.807, 2.05) is 66.7 Å². The summed E-state index contributed by atoms with van der Waals surface area (Å²) in [5, 5.41) is 0. The van der Waals surface area contributed by atoms with Gasteiger partial charge in [0.15, 0.2) is 14.6 Å². The number of ether oxygens (including phenoxy) is 1. The van der Waals surface area contributed by atoms with Crippen molar-refractivity contribution in [2.75, 3.05) is 11.5 Å². The van der Waals surface area contributed by atoms with E-state index in [2.05, 4.69) is 0 Å². The first-order valence-corrected chi connectivity index (χ1v) is 10.5. The van der Waals surface area contributed by atoms with E-state index >= 15 is 0 Å². The fraction of sp³-hybridized carbons (Fsp3) is 0.182. The molecule has 0 aromatic heterocycles. The van der Waals surface area contributed by atoms with Crippen molar-refractivity contribution < 1.29 is 13.2 Å². The number of hydrogen-bond donors (Lipinski definition) is 1. The number of rotatable bonds is 4. The molecule has 0 spiro atoms. The van der Waals surface area contributed by atoms with Crippen LogP contribution in [0.2, 0.25) is 0 Å². The van der Waals surface area contributed by atoms with E-state index in [9.17, 15) is 8.42 Å². The first-order chi connectivity index (χ1) is 13.0. The molecule has 3 aromatic rings. The molecule has 27 heavy (non-hydrogen) atoms. The van der Waals surface area contributed by atoms with Gasteiger partial charge in [-0.2, -0.15) is 0 Å². The Bertz CT molecular complexity index is 994. The monoisotopic (exact) mass is 379 g/mol. The number of nitrogen functional groups attached to an aromatic ring is 1. The highest BCUT2D eigenvalue weighted by molar-refractivity contribution is 7.92. The lowest BCUT2D eigenvalue weighted by atomic mass is 9.84. The fourth-order valence-electron chi connectivity index (χ4n) is 3.99. The largest absolute Gasteiger partial charge is 0.488 e. The van der Waals surface area contributed by atoms with Crippen LogP contribution in [0.5, 0.6) is 5.75 Å². The van der Waals surface area contributed by atoms with Crippen LogP contribution >= 0.6 is 0 Å². The van der Waals surface area contributed by atoms with Gasteiger partial charge in [0, 0.05) is 18.2 Å². The van der Waals surface area contributed by atoms with Crippen molar-refractivity contribution in [3.8, 4) is 5.75 Å². The zero-order valence-corrected chi connectivity index (χ0v) is 15.6. The van der Waals surface area contributed by atoms with E-state index in [1.165, 1.54) is 0 Å². The van der Waals surface area contributed by atoms with E-state index in [0.29, 0.717) is 17.9 Å². The van der Waals surface area contributed by atoms with Gasteiger partial charge in [-0.15, -0.1) is 0 Å². The van der Waals surface area contributed by atoms with Gasteiger partial charge >= 0.3 is 0 Å². The Kier molecular flexibility index (Phi) is 4.40. The fourth-order valence-corrected chi connectivity index (χ4v) is 6.39. The van der Waals surface area contributed by atoms with Crippen LogP contribution in [0.4, 0.5) is 5.69 Å². The molecule has 1 fully saturated rings. The Morgan fingerprint density at radius 2 is 1.44 bits per heavy atom. The van der Waals surface area contributed by atoms with Crippen molar-refractivity contribution in [1.82, 2.24) is 0 Å². The van der Waals surface area contributed by atoms with E-state index in [4.69, 9.17) is 10.5 Å². The summed E-state index contributed by atoms with van der Waals surface area (Å²) in [7, 11) is -3.49. The summed E-state index contributed by atoms with van der Waals surface area (Å²) in [6.45, 7) is 0.